The predicted octanol–water partition coefficient (Wildman–Crippen LogP) is 2.90. The molecule has 1 heterocycles. The van der Waals surface area contributed by atoms with Crippen LogP contribution in [-0.4, -0.2) is 17.1 Å². The van der Waals surface area contributed by atoms with Crippen molar-refractivity contribution in [2.45, 2.75) is 0 Å². The molecule has 0 N–H and O–H groups in total. The van der Waals surface area contributed by atoms with Gasteiger partial charge in [0.05, 0.1) is 18.0 Å². The first-order chi connectivity index (χ1) is 6.72. The third kappa shape index (κ3) is 1.64. The van der Waals surface area contributed by atoms with Crippen molar-refractivity contribution in [1.29, 1.82) is 0 Å². The first-order valence-corrected chi connectivity index (χ1v) is 5.34. The van der Waals surface area contributed by atoms with E-state index in [4.69, 9.17) is 16.3 Å². The molecule has 0 aliphatic carbocycles. The number of fused-ring (bicyclic) bond motifs is 1. The SMILES string of the molecule is COc1nc(Cl)c2c(I)cccc2n1. The number of aromatic nitrogens is 2. The van der Waals surface area contributed by atoms with Gasteiger partial charge in [-0.1, -0.05) is 17.7 Å². The van der Waals surface area contributed by atoms with E-state index in [1.807, 2.05) is 18.2 Å². The summed E-state index contributed by atoms with van der Waals surface area (Å²) >= 11 is 8.21. The molecule has 0 spiro atoms. The molecule has 0 saturated carbocycles. The summed E-state index contributed by atoms with van der Waals surface area (Å²) in [5.74, 6) is 0. The van der Waals surface area contributed by atoms with Crippen molar-refractivity contribution in [2.75, 3.05) is 7.11 Å². The van der Waals surface area contributed by atoms with Crippen LogP contribution in [0.4, 0.5) is 0 Å². The van der Waals surface area contributed by atoms with Gasteiger partial charge in [-0.2, -0.15) is 9.97 Å². The van der Waals surface area contributed by atoms with Gasteiger partial charge in [0.1, 0.15) is 5.15 Å². The second-order valence-corrected chi connectivity index (χ2v) is 4.16. The lowest BCUT2D eigenvalue weighted by Crippen LogP contribution is -1.94. The van der Waals surface area contributed by atoms with Gasteiger partial charge in [0.15, 0.2) is 0 Å². The normalized spacial score (nSPS) is 10.5. The molecule has 2 aromatic rings. The lowest BCUT2D eigenvalue weighted by atomic mass is 10.2. The van der Waals surface area contributed by atoms with Crippen LogP contribution >= 0.6 is 34.2 Å². The van der Waals surface area contributed by atoms with Crippen LogP contribution in [0.5, 0.6) is 6.01 Å². The van der Waals surface area contributed by atoms with Crippen LogP contribution in [0.15, 0.2) is 18.2 Å². The van der Waals surface area contributed by atoms with Gasteiger partial charge >= 0.3 is 6.01 Å². The van der Waals surface area contributed by atoms with Gasteiger partial charge in [0.2, 0.25) is 0 Å². The quantitative estimate of drug-likeness (QED) is 0.598. The van der Waals surface area contributed by atoms with Gasteiger partial charge in [-0.25, -0.2) is 0 Å². The Bertz CT molecular complexity index is 489. The number of halogens is 2. The van der Waals surface area contributed by atoms with Crippen molar-refractivity contribution in [3.63, 3.8) is 0 Å². The molecule has 0 amide bonds. The molecule has 0 aliphatic heterocycles. The first-order valence-electron chi connectivity index (χ1n) is 3.88. The number of rotatable bonds is 1. The van der Waals surface area contributed by atoms with Crippen molar-refractivity contribution in [2.24, 2.45) is 0 Å². The second-order valence-electron chi connectivity index (χ2n) is 2.64. The third-order valence-electron chi connectivity index (χ3n) is 1.79. The topological polar surface area (TPSA) is 35.0 Å². The minimum atomic E-state index is 0.296. The van der Waals surface area contributed by atoms with Gasteiger partial charge in [0, 0.05) is 3.57 Å². The van der Waals surface area contributed by atoms with Crippen molar-refractivity contribution in [3.8, 4) is 6.01 Å². The Hall–Kier alpha value is -0.620. The van der Waals surface area contributed by atoms with Gasteiger partial charge in [-0.05, 0) is 34.7 Å². The Labute approximate surface area is 99.6 Å². The second kappa shape index (κ2) is 3.86. The Morgan fingerprint density at radius 2 is 2.14 bits per heavy atom. The van der Waals surface area contributed by atoms with Gasteiger partial charge in [-0.15, -0.1) is 0 Å². The Balaban J connectivity index is 2.83. The molecular weight excluding hydrogens is 314 g/mol. The molecule has 72 valence electrons. The van der Waals surface area contributed by atoms with Crippen molar-refractivity contribution < 1.29 is 4.74 Å². The van der Waals surface area contributed by atoms with Crippen LogP contribution in [0.2, 0.25) is 5.15 Å². The standard InChI is InChI=1S/C9H6ClIN2O/c1-14-9-12-6-4-2-3-5(11)7(6)8(10)13-9/h2-4H,1H3. The number of hydrogen-bond donors (Lipinski definition) is 0. The molecule has 5 heteroatoms. The van der Waals surface area contributed by atoms with E-state index in [9.17, 15) is 0 Å². The minimum Gasteiger partial charge on any atom is -0.467 e. The maximum Gasteiger partial charge on any atom is 0.318 e. The summed E-state index contributed by atoms with van der Waals surface area (Å²) < 4.78 is 5.97. The van der Waals surface area contributed by atoms with Crippen molar-refractivity contribution in [1.82, 2.24) is 9.97 Å². The highest BCUT2D eigenvalue weighted by Crippen LogP contribution is 2.26. The lowest BCUT2D eigenvalue weighted by Gasteiger charge is -2.03. The highest BCUT2D eigenvalue weighted by atomic mass is 127. The lowest BCUT2D eigenvalue weighted by molar-refractivity contribution is 0.382. The largest absolute Gasteiger partial charge is 0.467 e. The van der Waals surface area contributed by atoms with E-state index in [1.165, 1.54) is 7.11 Å². The highest BCUT2D eigenvalue weighted by molar-refractivity contribution is 14.1. The summed E-state index contributed by atoms with van der Waals surface area (Å²) in [5.41, 5.74) is 0.800. The molecule has 0 radical (unpaired) electrons. The van der Waals surface area contributed by atoms with E-state index in [1.54, 1.807) is 0 Å². The molecule has 0 saturated heterocycles. The van der Waals surface area contributed by atoms with Gasteiger partial charge in [-0.3, -0.25) is 0 Å². The van der Waals surface area contributed by atoms with E-state index in [0.29, 0.717) is 11.2 Å². The zero-order valence-corrected chi connectivity index (χ0v) is 10.2. The highest BCUT2D eigenvalue weighted by Gasteiger charge is 2.08. The number of ether oxygens (including phenoxy) is 1. The average molecular weight is 321 g/mol. The van der Waals surface area contributed by atoms with E-state index in [2.05, 4.69) is 32.6 Å². The third-order valence-corrected chi connectivity index (χ3v) is 2.96. The smallest absolute Gasteiger partial charge is 0.318 e. The fraction of sp³-hybridized carbons (Fsp3) is 0.111. The zero-order chi connectivity index (χ0) is 10.1. The van der Waals surface area contributed by atoms with Crippen LogP contribution in [-0.2, 0) is 0 Å². The van der Waals surface area contributed by atoms with E-state index < -0.39 is 0 Å². The Morgan fingerprint density at radius 1 is 1.36 bits per heavy atom. The molecule has 14 heavy (non-hydrogen) atoms. The molecule has 2 rings (SSSR count). The van der Waals surface area contributed by atoms with Crippen molar-refractivity contribution >= 4 is 45.1 Å². The van der Waals surface area contributed by atoms with Gasteiger partial charge in [0.25, 0.3) is 0 Å². The van der Waals surface area contributed by atoms with E-state index >= 15 is 0 Å². The molecule has 3 nitrogen and oxygen atoms in total. The van der Waals surface area contributed by atoms with Crippen molar-refractivity contribution in [3.05, 3.63) is 26.9 Å². The van der Waals surface area contributed by atoms with Gasteiger partial charge < -0.3 is 4.74 Å². The summed E-state index contributed by atoms with van der Waals surface area (Å²) in [6.45, 7) is 0. The molecule has 0 bridgehead atoms. The number of nitrogens with zero attached hydrogens (tertiary/aromatic N) is 2. The number of hydrogen-bond acceptors (Lipinski definition) is 3. The minimum absolute atomic E-state index is 0.296. The number of methoxy groups -OCH3 is 1. The molecular formula is C9H6ClIN2O. The predicted molar refractivity (Wildman–Crippen MR) is 63.8 cm³/mol. The summed E-state index contributed by atoms with van der Waals surface area (Å²) in [6.07, 6.45) is 0. The molecule has 0 aliphatic rings. The van der Waals surface area contributed by atoms with Crippen LogP contribution in [0.1, 0.15) is 0 Å². The monoisotopic (exact) mass is 320 g/mol. The molecule has 0 fully saturated rings. The summed E-state index contributed by atoms with van der Waals surface area (Å²) in [4.78, 5) is 8.20. The summed E-state index contributed by atoms with van der Waals surface area (Å²) in [7, 11) is 1.52. The fourth-order valence-corrected chi connectivity index (χ4v) is 2.34. The Kier molecular flexibility index (Phi) is 2.73. The van der Waals surface area contributed by atoms with Crippen LogP contribution in [0, 0.1) is 3.57 Å². The molecule has 0 atom stereocenters. The maximum absolute atomic E-state index is 6.01. The van der Waals surface area contributed by atoms with Crippen LogP contribution in [0.25, 0.3) is 10.9 Å². The first kappa shape index (κ1) is 9.92. The molecule has 1 aromatic carbocycles. The van der Waals surface area contributed by atoms with E-state index in [0.717, 1.165) is 14.5 Å². The summed E-state index contributed by atoms with van der Waals surface area (Å²) in [5, 5.41) is 1.30. The number of benzene rings is 1. The van der Waals surface area contributed by atoms with E-state index in [-0.39, 0.29) is 0 Å². The van der Waals surface area contributed by atoms with Crippen LogP contribution < -0.4 is 4.74 Å². The average Bonchev–Trinajstić information content (AvgIpc) is 2.17. The molecule has 0 unspecified atom stereocenters. The fourth-order valence-electron chi connectivity index (χ4n) is 1.17. The zero-order valence-electron chi connectivity index (χ0n) is 7.29. The Morgan fingerprint density at radius 3 is 2.86 bits per heavy atom. The summed E-state index contributed by atoms with van der Waals surface area (Å²) in [6, 6.07) is 6.06. The molecule has 1 aromatic heterocycles. The maximum atomic E-state index is 6.01. The van der Waals surface area contributed by atoms with Crippen LogP contribution in [0.3, 0.4) is 0 Å².